The van der Waals surface area contributed by atoms with Crippen LogP contribution in [-0.4, -0.2) is 4.98 Å². The number of hydrogen-bond donors (Lipinski definition) is 0. The van der Waals surface area contributed by atoms with Crippen LogP contribution in [0.2, 0.25) is 0 Å². The van der Waals surface area contributed by atoms with Gasteiger partial charge in [-0.25, -0.2) is 4.98 Å². The van der Waals surface area contributed by atoms with E-state index >= 15 is 0 Å². The summed E-state index contributed by atoms with van der Waals surface area (Å²) in [4.78, 5) is 3.80. The SMILES string of the molecule is N#CCc1cnc(CCl)o1. The molecule has 1 aromatic rings. The van der Waals surface area contributed by atoms with E-state index in [9.17, 15) is 0 Å². The molecule has 1 rings (SSSR count). The predicted molar refractivity (Wildman–Crippen MR) is 35.4 cm³/mol. The van der Waals surface area contributed by atoms with Crippen LogP contribution >= 0.6 is 11.6 Å². The number of rotatable bonds is 2. The smallest absolute Gasteiger partial charge is 0.209 e. The molecule has 3 nitrogen and oxygen atoms in total. The molecule has 0 aliphatic carbocycles. The molecular weight excluding hydrogens is 152 g/mol. The molecule has 1 aromatic heterocycles. The second-order valence-electron chi connectivity index (χ2n) is 1.69. The Kier molecular flexibility index (Phi) is 2.30. The van der Waals surface area contributed by atoms with Crippen molar-refractivity contribution in [1.29, 1.82) is 5.26 Å². The number of halogens is 1. The molecule has 1 heterocycles. The quantitative estimate of drug-likeness (QED) is 0.610. The molecule has 0 aliphatic heterocycles. The van der Waals surface area contributed by atoms with Gasteiger partial charge in [0.15, 0.2) is 0 Å². The molecule has 0 bridgehead atoms. The highest BCUT2D eigenvalue weighted by Crippen LogP contribution is 2.05. The van der Waals surface area contributed by atoms with Crippen molar-refractivity contribution < 1.29 is 4.42 Å². The summed E-state index contributed by atoms with van der Waals surface area (Å²) in [6.45, 7) is 0. The average Bonchev–Trinajstić information content (AvgIpc) is 2.37. The summed E-state index contributed by atoms with van der Waals surface area (Å²) in [5.74, 6) is 1.29. The maximum Gasteiger partial charge on any atom is 0.209 e. The van der Waals surface area contributed by atoms with Crippen molar-refractivity contribution in [2.45, 2.75) is 12.3 Å². The minimum Gasteiger partial charge on any atom is -0.443 e. The first-order valence-corrected chi connectivity index (χ1v) is 3.26. The fraction of sp³-hybridized carbons (Fsp3) is 0.333. The second-order valence-corrected chi connectivity index (χ2v) is 1.96. The van der Waals surface area contributed by atoms with Crippen molar-refractivity contribution in [3.8, 4) is 6.07 Å². The Morgan fingerprint density at radius 3 is 3.10 bits per heavy atom. The summed E-state index contributed by atoms with van der Waals surface area (Å²) in [6.07, 6.45) is 1.77. The summed E-state index contributed by atoms with van der Waals surface area (Å²) in [5.41, 5.74) is 0. The van der Waals surface area contributed by atoms with Crippen molar-refractivity contribution in [1.82, 2.24) is 4.98 Å². The highest BCUT2D eigenvalue weighted by atomic mass is 35.5. The van der Waals surface area contributed by atoms with Crippen molar-refractivity contribution in [3.63, 3.8) is 0 Å². The lowest BCUT2D eigenvalue weighted by atomic mass is 10.4. The molecule has 0 fully saturated rings. The molecule has 0 amide bonds. The third kappa shape index (κ3) is 1.49. The zero-order valence-corrected chi connectivity index (χ0v) is 5.93. The summed E-state index contributed by atoms with van der Waals surface area (Å²) in [5, 5.41) is 8.23. The summed E-state index contributed by atoms with van der Waals surface area (Å²) >= 11 is 5.40. The molecule has 0 radical (unpaired) electrons. The maximum atomic E-state index is 8.23. The van der Waals surface area contributed by atoms with Gasteiger partial charge in [-0.2, -0.15) is 5.26 Å². The Balaban J connectivity index is 2.70. The minimum absolute atomic E-state index is 0.254. The van der Waals surface area contributed by atoms with Gasteiger partial charge in [-0.05, 0) is 0 Å². The Bertz CT molecular complexity index is 250. The van der Waals surface area contributed by atoms with Gasteiger partial charge in [-0.3, -0.25) is 0 Å². The molecule has 0 atom stereocenters. The first-order valence-electron chi connectivity index (χ1n) is 2.73. The molecule has 0 saturated heterocycles. The predicted octanol–water partition coefficient (Wildman–Crippen LogP) is 1.48. The van der Waals surface area contributed by atoms with E-state index in [0.29, 0.717) is 11.7 Å². The topological polar surface area (TPSA) is 49.8 Å². The lowest BCUT2D eigenvalue weighted by Crippen LogP contribution is -1.73. The van der Waals surface area contributed by atoms with Crippen molar-refractivity contribution in [2.75, 3.05) is 0 Å². The lowest BCUT2D eigenvalue weighted by Gasteiger charge is -1.82. The number of hydrogen-bond acceptors (Lipinski definition) is 3. The van der Waals surface area contributed by atoms with Crippen molar-refractivity contribution >= 4 is 11.6 Å². The standard InChI is InChI=1S/C6H5ClN2O/c7-3-6-9-4-5(10-6)1-2-8/h4H,1,3H2. The van der Waals surface area contributed by atoms with Crippen LogP contribution in [-0.2, 0) is 12.3 Å². The van der Waals surface area contributed by atoms with Gasteiger partial charge in [0.25, 0.3) is 0 Å². The normalized spacial score (nSPS) is 9.20. The molecule has 10 heavy (non-hydrogen) atoms. The third-order valence-electron chi connectivity index (χ3n) is 0.969. The van der Waals surface area contributed by atoms with E-state index in [1.54, 1.807) is 0 Å². The number of nitriles is 1. The van der Waals surface area contributed by atoms with Gasteiger partial charge in [-0.15, -0.1) is 11.6 Å². The van der Waals surface area contributed by atoms with Gasteiger partial charge in [-0.1, -0.05) is 0 Å². The monoisotopic (exact) mass is 156 g/mol. The fourth-order valence-electron chi connectivity index (χ4n) is 0.569. The fourth-order valence-corrected chi connectivity index (χ4v) is 0.693. The zero-order valence-electron chi connectivity index (χ0n) is 5.17. The molecular formula is C6H5ClN2O. The molecule has 0 saturated carbocycles. The Labute approximate surface area is 63.2 Å². The van der Waals surface area contributed by atoms with E-state index in [4.69, 9.17) is 21.3 Å². The molecule has 0 unspecified atom stereocenters. The molecule has 0 N–H and O–H groups in total. The van der Waals surface area contributed by atoms with Crippen LogP contribution in [0, 0.1) is 11.3 Å². The number of nitrogens with zero attached hydrogens (tertiary/aromatic N) is 2. The molecule has 0 aromatic carbocycles. The summed E-state index contributed by atoms with van der Waals surface area (Å²) in [7, 11) is 0. The maximum absolute atomic E-state index is 8.23. The van der Waals surface area contributed by atoms with Gasteiger partial charge < -0.3 is 4.42 Å². The summed E-state index contributed by atoms with van der Waals surface area (Å²) < 4.78 is 5.01. The highest BCUT2D eigenvalue weighted by Gasteiger charge is 1.99. The van der Waals surface area contributed by atoms with Crippen LogP contribution in [0.15, 0.2) is 10.6 Å². The second kappa shape index (κ2) is 3.23. The van der Waals surface area contributed by atoms with Gasteiger partial charge in [0.1, 0.15) is 5.76 Å². The van der Waals surface area contributed by atoms with E-state index < -0.39 is 0 Å². The zero-order chi connectivity index (χ0) is 7.40. The largest absolute Gasteiger partial charge is 0.443 e. The van der Waals surface area contributed by atoms with Gasteiger partial charge in [0.05, 0.1) is 24.6 Å². The van der Waals surface area contributed by atoms with Gasteiger partial charge in [0.2, 0.25) is 5.89 Å². The first kappa shape index (κ1) is 7.10. The van der Waals surface area contributed by atoms with Crippen LogP contribution in [0.3, 0.4) is 0 Å². The number of oxazole rings is 1. The van der Waals surface area contributed by atoms with Crippen LogP contribution in [0.4, 0.5) is 0 Å². The Hall–Kier alpha value is -1.01. The van der Waals surface area contributed by atoms with E-state index in [-0.39, 0.29) is 12.3 Å². The van der Waals surface area contributed by atoms with Gasteiger partial charge in [0, 0.05) is 0 Å². The first-order chi connectivity index (χ1) is 4.86. The van der Waals surface area contributed by atoms with Crippen LogP contribution in [0.1, 0.15) is 11.7 Å². The Morgan fingerprint density at radius 2 is 2.60 bits per heavy atom. The average molecular weight is 157 g/mol. The van der Waals surface area contributed by atoms with Gasteiger partial charge >= 0.3 is 0 Å². The number of aromatic nitrogens is 1. The highest BCUT2D eigenvalue weighted by molar-refractivity contribution is 6.16. The summed E-state index contributed by atoms with van der Waals surface area (Å²) in [6, 6.07) is 1.94. The Morgan fingerprint density at radius 1 is 1.80 bits per heavy atom. The third-order valence-corrected chi connectivity index (χ3v) is 1.20. The lowest BCUT2D eigenvalue weighted by molar-refractivity contribution is 0.482. The minimum atomic E-state index is 0.254. The number of alkyl halides is 1. The van der Waals surface area contributed by atoms with E-state index in [2.05, 4.69) is 4.98 Å². The van der Waals surface area contributed by atoms with Crippen molar-refractivity contribution in [2.24, 2.45) is 0 Å². The van der Waals surface area contributed by atoms with Crippen molar-refractivity contribution in [3.05, 3.63) is 17.8 Å². The van der Waals surface area contributed by atoms with E-state index in [1.165, 1.54) is 6.20 Å². The van der Waals surface area contributed by atoms with Crippen LogP contribution in [0.25, 0.3) is 0 Å². The molecule has 0 aliphatic rings. The van der Waals surface area contributed by atoms with Crippen LogP contribution in [0.5, 0.6) is 0 Å². The molecule has 4 heteroatoms. The molecule has 0 spiro atoms. The van der Waals surface area contributed by atoms with Crippen LogP contribution < -0.4 is 0 Å². The van der Waals surface area contributed by atoms with E-state index in [1.807, 2.05) is 6.07 Å². The van der Waals surface area contributed by atoms with E-state index in [0.717, 1.165) is 0 Å². The molecule has 52 valence electrons.